The van der Waals surface area contributed by atoms with Crippen LogP contribution in [0.4, 0.5) is 5.69 Å². The number of carbonyl (C=O) groups is 2. The summed E-state index contributed by atoms with van der Waals surface area (Å²) in [5.74, 6) is 0.377. The highest BCUT2D eigenvalue weighted by Crippen LogP contribution is 2.31. The molecule has 152 valence electrons. The summed E-state index contributed by atoms with van der Waals surface area (Å²) in [5, 5.41) is 1.44. The van der Waals surface area contributed by atoms with Gasteiger partial charge in [-0.1, -0.05) is 48.0 Å². The lowest BCUT2D eigenvalue weighted by atomic mass is 10.2. The lowest BCUT2D eigenvalue weighted by Gasteiger charge is -2.23. The number of hydrogen-bond acceptors (Lipinski definition) is 5. The molecule has 0 aromatic heterocycles. The van der Waals surface area contributed by atoms with E-state index < -0.39 is 5.91 Å². The van der Waals surface area contributed by atoms with Crippen molar-refractivity contribution in [3.63, 3.8) is 0 Å². The summed E-state index contributed by atoms with van der Waals surface area (Å²) >= 11 is 13.5. The zero-order valence-electron chi connectivity index (χ0n) is 15.6. The van der Waals surface area contributed by atoms with E-state index in [1.807, 2.05) is 6.92 Å². The van der Waals surface area contributed by atoms with Crippen LogP contribution in [0.2, 0.25) is 10.0 Å². The summed E-state index contributed by atoms with van der Waals surface area (Å²) < 4.78 is 5.60. The molecule has 3 rings (SSSR count). The van der Waals surface area contributed by atoms with Gasteiger partial charge in [0.05, 0.1) is 15.7 Å². The molecule has 1 aliphatic rings. The van der Waals surface area contributed by atoms with Crippen molar-refractivity contribution in [2.75, 3.05) is 12.4 Å². The van der Waals surface area contributed by atoms with Gasteiger partial charge in [0.25, 0.3) is 5.91 Å². The predicted molar refractivity (Wildman–Crippen MR) is 117 cm³/mol. The van der Waals surface area contributed by atoms with Gasteiger partial charge in [0.2, 0.25) is 5.91 Å². The topological polar surface area (TPSA) is 85.0 Å². The largest absolute Gasteiger partial charge is 0.484 e. The maximum absolute atomic E-state index is 12.9. The Labute approximate surface area is 183 Å². The molecule has 1 fully saturated rings. The molecule has 6 nitrogen and oxygen atoms in total. The summed E-state index contributed by atoms with van der Waals surface area (Å²) in [4.78, 5) is 30.4. The first-order valence-electron chi connectivity index (χ1n) is 8.90. The predicted octanol–water partition coefficient (Wildman–Crippen LogP) is 4.51. The molecule has 1 heterocycles. The lowest BCUT2D eigenvalue weighted by Crippen LogP contribution is -2.41. The first-order chi connectivity index (χ1) is 13.9. The van der Waals surface area contributed by atoms with Crippen LogP contribution in [0, 0.1) is 0 Å². The van der Waals surface area contributed by atoms with Crippen molar-refractivity contribution in [2.24, 2.45) is 10.7 Å². The van der Waals surface area contributed by atoms with Gasteiger partial charge >= 0.3 is 0 Å². The minimum Gasteiger partial charge on any atom is -0.484 e. The van der Waals surface area contributed by atoms with Crippen molar-refractivity contribution >= 4 is 57.6 Å². The molecule has 0 bridgehead atoms. The molecular formula is C20H19Cl2N3O3S. The number of thioether (sulfide) groups is 1. The number of aliphatic imine (C=N–C) groups is 1. The third-order valence-electron chi connectivity index (χ3n) is 4.32. The van der Waals surface area contributed by atoms with E-state index >= 15 is 0 Å². The van der Waals surface area contributed by atoms with Crippen LogP contribution >= 0.6 is 35.0 Å². The summed E-state index contributed by atoms with van der Waals surface area (Å²) in [6.07, 6.45) is 0.788. The van der Waals surface area contributed by atoms with Crippen molar-refractivity contribution in [3.05, 3.63) is 58.1 Å². The average Bonchev–Trinajstić information content (AvgIpc) is 3.11. The minimum absolute atomic E-state index is 0.0228. The lowest BCUT2D eigenvalue weighted by molar-refractivity contribution is -0.130. The molecule has 0 aliphatic carbocycles. The van der Waals surface area contributed by atoms with Gasteiger partial charge < -0.3 is 10.5 Å². The van der Waals surface area contributed by atoms with E-state index in [2.05, 4.69) is 4.99 Å². The van der Waals surface area contributed by atoms with Crippen LogP contribution in [0.25, 0.3) is 0 Å². The fraction of sp³-hybridized carbons (Fsp3) is 0.250. The average molecular weight is 452 g/mol. The number of nitrogens with two attached hydrogens (primary N) is 1. The van der Waals surface area contributed by atoms with E-state index in [9.17, 15) is 9.59 Å². The Hall–Kier alpha value is -2.22. The SMILES string of the molecule is CCC1CSC(=Nc2ccc(Cl)c(Cl)c2)N1C(=O)COc1cccc(C(N)=O)c1. The number of carbonyl (C=O) groups excluding carboxylic acids is 2. The molecule has 0 radical (unpaired) electrons. The van der Waals surface area contributed by atoms with Crippen LogP contribution in [0.3, 0.4) is 0 Å². The molecule has 29 heavy (non-hydrogen) atoms. The fourth-order valence-electron chi connectivity index (χ4n) is 2.79. The van der Waals surface area contributed by atoms with Gasteiger partial charge in [0.15, 0.2) is 11.8 Å². The Kier molecular flexibility index (Phi) is 7.05. The Morgan fingerprint density at radius 3 is 2.72 bits per heavy atom. The van der Waals surface area contributed by atoms with Crippen LogP contribution in [-0.4, -0.2) is 40.3 Å². The normalized spacial score (nSPS) is 17.6. The van der Waals surface area contributed by atoms with Crippen LogP contribution < -0.4 is 10.5 Å². The van der Waals surface area contributed by atoms with Crippen LogP contribution in [0.5, 0.6) is 5.75 Å². The molecule has 9 heteroatoms. The van der Waals surface area contributed by atoms with Crippen LogP contribution in [0.1, 0.15) is 23.7 Å². The number of primary amides is 1. The second kappa shape index (κ2) is 9.52. The number of amidine groups is 1. The van der Waals surface area contributed by atoms with E-state index in [1.165, 1.54) is 17.8 Å². The number of hydrogen-bond donors (Lipinski definition) is 1. The summed E-state index contributed by atoms with van der Waals surface area (Å²) in [6, 6.07) is 11.5. The Balaban J connectivity index is 1.76. The molecule has 1 atom stereocenters. The van der Waals surface area contributed by atoms with E-state index in [-0.39, 0.29) is 18.6 Å². The maximum Gasteiger partial charge on any atom is 0.266 e. The number of nitrogens with zero attached hydrogens (tertiary/aromatic N) is 2. The molecular weight excluding hydrogens is 433 g/mol. The van der Waals surface area contributed by atoms with Gasteiger partial charge in [-0.15, -0.1) is 0 Å². The van der Waals surface area contributed by atoms with E-state index in [0.717, 1.165) is 12.2 Å². The molecule has 0 saturated carbocycles. The molecule has 1 unspecified atom stereocenters. The van der Waals surface area contributed by atoms with Crippen molar-refractivity contribution < 1.29 is 14.3 Å². The molecule has 1 aliphatic heterocycles. The number of halogens is 2. The molecule has 0 spiro atoms. The fourth-order valence-corrected chi connectivity index (χ4v) is 4.37. The molecule has 2 aromatic rings. The third-order valence-corrected chi connectivity index (χ3v) is 6.16. The third kappa shape index (κ3) is 5.23. The zero-order chi connectivity index (χ0) is 21.0. The number of rotatable bonds is 6. The first kappa shape index (κ1) is 21.5. The van der Waals surface area contributed by atoms with Crippen molar-refractivity contribution in [1.29, 1.82) is 0 Å². The Bertz CT molecular complexity index is 968. The molecule has 2 aromatic carbocycles. The van der Waals surface area contributed by atoms with Crippen LogP contribution in [-0.2, 0) is 4.79 Å². The first-order valence-corrected chi connectivity index (χ1v) is 10.6. The molecule has 1 saturated heterocycles. The van der Waals surface area contributed by atoms with Crippen molar-refractivity contribution in [2.45, 2.75) is 19.4 Å². The number of ether oxygens (including phenoxy) is 1. The van der Waals surface area contributed by atoms with E-state index in [1.54, 1.807) is 41.3 Å². The van der Waals surface area contributed by atoms with Crippen molar-refractivity contribution in [1.82, 2.24) is 4.90 Å². The highest BCUT2D eigenvalue weighted by atomic mass is 35.5. The van der Waals surface area contributed by atoms with Gasteiger partial charge in [0.1, 0.15) is 5.75 Å². The van der Waals surface area contributed by atoms with Gasteiger partial charge in [-0.25, -0.2) is 4.99 Å². The van der Waals surface area contributed by atoms with Gasteiger partial charge in [-0.3, -0.25) is 14.5 Å². The standard InChI is InChI=1S/C20H19Cl2N3O3S/c1-2-14-11-29-20(24-13-6-7-16(21)17(22)9-13)25(14)18(26)10-28-15-5-3-4-12(8-15)19(23)27/h3-9,14H,2,10-11H2,1H3,(H2,23,27). The highest BCUT2D eigenvalue weighted by Gasteiger charge is 2.34. The smallest absolute Gasteiger partial charge is 0.266 e. The van der Waals surface area contributed by atoms with E-state index in [0.29, 0.717) is 32.2 Å². The minimum atomic E-state index is -0.556. The maximum atomic E-state index is 12.9. The number of benzene rings is 2. The zero-order valence-corrected chi connectivity index (χ0v) is 17.9. The monoisotopic (exact) mass is 451 g/mol. The Morgan fingerprint density at radius 2 is 2.03 bits per heavy atom. The molecule has 2 N–H and O–H groups in total. The quantitative estimate of drug-likeness (QED) is 0.699. The Morgan fingerprint density at radius 1 is 1.24 bits per heavy atom. The second-order valence-electron chi connectivity index (χ2n) is 6.31. The van der Waals surface area contributed by atoms with Crippen molar-refractivity contribution in [3.8, 4) is 5.75 Å². The molecule has 2 amide bonds. The summed E-state index contributed by atoms with van der Waals surface area (Å²) in [6.45, 7) is 1.84. The van der Waals surface area contributed by atoms with Gasteiger partial charge in [0, 0.05) is 17.4 Å². The summed E-state index contributed by atoms with van der Waals surface area (Å²) in [7, 11) is 0. The second-order valence-corrected chi connectivity index (χ2v) is 8.11. The number of amides is 2. The summed E-state index contributed by atoms with van der Waals surface area (Å²) in [5.41, 5.74) is 6.22. The van der Waals surface area contributed by atoms with Gasteiger partial charge in [-0.05, 0) is 42.8 Å². The van der Waals surface area contributed by atoms with E-state index in [4.69, 9.17) is 33.7 Å². The highest BCUT2D eigenvalue weighted by molar-refractivity contribution is 8.14. The van der Waals surface area contributed by atoms with Gasteiger partial charge in [-0.2, -0.15) is 0 Å². The van der Waals surface area contributed by atoms with Crippen LogP contribution in [0.15, 0.2) is 47.5 Å².